The zero-order chi connectivity index (χ0) is 19.4. The molecule has 0 saturated carbocycles. The number of likely N-dealkylation sites (N-methyl/N-ethyl adjacent to an activating group) is 1. The highest BCUT2D eigenvalue weighted by molar-refractivity contribution is 6.31. The second kappa shape index (κ2) is 8.33. The van der Waals surface area contributed by atoms with Gasteiger partial charge in [-0.05, 0) is 43.8 Å². The van der Waals surface area contributed by atoms with E-state index in [0.29, 0.717) is 34.8 Å². The van der Waals surface area contributed by atoms with Gasteiger partial charge in [-0.2, -0.15) is 0 Å². The van der Waals surface area contributed by atoms with E-state index in [2.05, 4.69) is 15.3 Å². The van der Waals surface area contributed by atoms with Crippen LogP contribution in [0.25, 0.3) is 10.9 Å². The summed E-state index contributed by atoms with van der Waals surface area (Å²) in [5.41, 5.74) is 2.22. The quantitative estimate of drug-likeness (QED) is 0.683. The number of benzene rings is 2. The molecule has 1 aromatic heterocycles. The monoisotopic (exact) mass is 384 g/mol. The van der Waals surface area contributed by atoms with E-state index in [0.717, 1.165) is 11.3 Å². The summed E-state index contributed by atoms with van der Waals surface area (Å²) in [6.45, 7) is 5.14. The summed E-state index contributed by atoms with van der Waals surface area (Å²) in [5, 5.41) is 3.89. The largest absolute Gasteiger partial charge is 0.325 e. The summed E-state index contributed by atoms with van der Waals surface area (Å²) < 4.78 is 0. The van der Waals surface area contributed by atoms with Gasteiger partial charge in [0.15, 0.2) is 0 Å². The minimum absolute atomic E-state index is 0.119. The van der Waals surface area contributed by atoms with E-state index >= 15 is 0 Å². The van der Waals surface area contributed by atoms with Crippen molar-refractivity contribution in [2.45, 2.75) is 20.4 Å². The molecule has 0 bridgehead atoms. The van der Waals surface area contributed by atoms with Crippen LogP contribution in [0.15, 0.2) is 47.3 Å². The molecule has 3 aromatic rings. The number of anilines is 1. The van der Waals surface area contributed by atoms with Crippen molar-refractivity contribution in [3.63, 3.8) is 0 Å². The third kappa shape index (κ3) is 4.93. The minimum Gasteiger partial charge on any atom is -0.325 e. The summed E-state index contributed by atoms with van der Waals surface area (Å²) in [5.74, 6) is 0.381. The van der Waals surface area contributed by atoms with E-state index in [1.807, 2.05) is 43.0 Å². The van der Waals surface area contributed by atoms with Gasteiger partial charge in [0.2, 0.25) is 5.91 Å². The summed E-state index contributed by atoms with van der Waals surface area (Å²) in [4.78, 5) is 33.7. The number of rotatable bonds is 6. The maximum Gasteiger partial charge on any atom is 0.258 e. The number of nitrogens with one attached hydrogen (secondary N) is 2. The molecule has 0 saturated heterocycles. The Morgan fingerprint density at radius 2 is 1.96 bits per heavy atom. The number of H-pyrrole nitrogens is 1. The fraction of sp³-hybridized carbons (Fsp3) is 0.250. The summed E-state index contributed by atoms with van der Waals surface area (Å²) >= 11 is 6.00. The Labute approximate surface area is 162 Å². The molecule has 140 valence electrons. The standard InChI is InChI=1S/C20H21ClN4O2/c1-3-25(12-19(26)22-15-7-4-13(2)5-8-15)11-18-23-17-10-14(21)6-9-16(17)20(27)24-18/h4-10H,3,11-12H2,1-2H3,(H,22,26)(H,23,24,27). The van der Waals surface area contributed by atoms with E-state index in [1.165, 1.54) is 0 Å². The van der Waals surface area contributed by atoms with E-state index in [9.17, 15) is 9.59 Å². The molecule has 1 amide bonds. The highest BCUT2D eigenvalue weighted by Gasteiger charge is 2.13. The van der Waals surface area contributed by atoms with Crippen LogP contribution in [0.4, 0.5) is 5.69 Å². The lowest BCUT2D eigenvalue weighted by atomic mass is 10.2. The van der Waals surface area contributed by atoms with Gasteiger partial charge in [0.05, 0.1) is 24.0 Å². The zero-order valence-electron chi connectivity index (χ0n) is 15.3. The molecule has 0 unspecified atom stereocenters. The van der Waals surface area contributed by atoms with Crippen LogP contribution in [0.2, 0.25) is 5.02 Å². The van der Waals surface area contributed by atoms with Gasteiger partial charge in [-0.3, -0.25) is 14.5 Å². The first-order chi connectivity index (χ1) is 12.9. The van der Waals surface area contributed by atoms with Crippen LogP contribution < -0.4 is 10.9 Å². The first kappa shape index (κ1) is 19.1. The normalized spacial score (nSPS) is 11.1. The van der Waals surface area contributed by atoms with Crippen LogP contribution >= 0.6 is 11.6 Å². The number of nitrogens with zero attached hydrogens (tertiary/aromatic N) is 2. The first-order valence-corrected chi connectivity index (χ1v) is 9.09. The van der Waals surface area contributed by atoms with Gasteiger partial charge in [0.25, 0.3) is 5.56 Å². The average molecular weight is 385 g/mol. The SMILES string of the molecule is CCN(CC(=O)Nc1ccc(C)cc1)Cc1nc2cc(Cl)ccc2c(=O)[nH]1. The van der Waals surface area contributed by atoms with Gasteiger partial charge in [-0.15, -0.1) is 0 Å². The Kier molecular flexibility index (Phi) is 5.88. The average Bonchev–Trinajstić information content (AvgIpc) is 2.62. The number of hydrogen-bond acceptors (Lipinski definition) is 4. The number of fused-ring (bicyclic) bond motifs is 1. The van der Waals surface area contributed by atoms with Crippen LogP contribution in [0.1, 0.15) is 18.3 Å². The lowest BCUT2D eigenvalue weighted by Gasteiger charge is -2.19. The van der Waals surface area contributed by atoms with Crippen molar-refractivity contribution in [2.24, 2.45) is 0 Å². The molecule has 0 aliphatic rings. The molecule has 1 heterocycles. The second-order valence-corrected chi connectivity index (χ2v) is 6.83. The molecule has 0 atom stereocenters. The third-order valence-corrected chi connectivity index (χ3v) is 4.48. The lowest BCUT2D eigenvalue weighted by molar-refractivity contribution is -0.117. The maximum absolute atomic E-state index is 12.3. The van der Waals surface area contributed by atoms with E-state index < -0.39 is 0 Å². The molecule has 2 N–H and O–H groups in total. The number of aromatic amines is 1. The van der Waals surface area contributed by atoms with E-state index in [-0.39, 0.29) is 18.0 Å². The predicted molar refractivity (Wildman–Crippen MR) is 108 cm³/mol. The minimum atomic E-state index is -0.216. The molecule has 0 radical (unpaired) electrons. The van der Waals surface area contributed by atoms with Crippen LogP contribution in [0.5, 0.6) is 0 Å². The lowest BCUT2D eigenvalue weighted by Crippen LogP contribution is -2.33. The van der Waals surface area contributed by atoms with Gasteiger partial charge in [-0.25, -0.2) is 4.98 Å². The Bertz CT molecular complexity index is 1010. The first-order valence-electron chi connectivity index (χ1n) is 8.72. The molecule has 0 aliphatic heterocycles. The Morgan fingerprint density at radius 1 is 1.22 bits per heavy atom. The predicted octanol–water partition coefficient (Wildman–Crippen LogP) is 3.35. The zero-order valence-corrected chi connectivity index (χ0v) is 16.0. The Morgan fingerprint density at radius 3 is 2.67 bits per heavy atom. The molecule has 3 rings (SSSR count). The molecular formula is C20H21ClN4O2. The topological polar surface area (TPSA) is 78.1 Å². The number of aromatic nitrogens is 2. The van der Waals surface area contributed by atoms with Gasteiger partial charge >= 0.3 is 0 Å². The van der Waals surface area contributed by atoms with Crippen LogP contribution in [-0.4, -0.2) is 33.9 Å². The number of carbonyl (C=O) groups is 1. The Balaban J connectivity index is 1.71. The van der Waals surface area contributed by atoms with Crippen LogP contribution in [0.3, 0.4) is 0 Å². The van der Waals surface area contributed by atoms with Gasteiger partial charge < -0.3 is 10.3 Å². The molecule has 0 fully saturated rings. The number of amides is 1. The summed E-state index contributed by atoms with van der Waals surface area (Å²) in [6.07, 6.45) is 0. The fourth-order valence-electron chi connectivity index (χ4n) is 2.77. The molecule has 7 heteroatoms. The van der Waals surface area contributed by atoms with Gasteiger partial charge in [0.1, 0.15) is 5.82 Å². The Hall–Kier alpha value is -2.70. The second-order valence-electron chi connectivity index (χ2n) is 6.39. The molecule has 27 heavy (non-hydrogen) atoms. The number of aryl methyl sites for hydroxylation is 1. The highest BCUT2D eigenvalue weighted by Crippen LogP contribution is 2.15. The van der Waals surface area contributed by atoms with Crippen molar-refractivity contribution in [3.05, 3.63) is 69.2 Å². The van der Waals surface area contributed by atoms with E-state index in [4.69, 9.17) is 11.6 Å². The van der Waals surface area contributed by atoms with Crippen molar-refractivity contribution in [3.8, 4) is 0 Å². The van der Waals surface area contributed by atoms with E-state index in [1.54, 1.807) is 18.2 Å². The van der Waals surface area contributed by atoms with Crippen LogP contribution in [-0.2, 0) is 11.3 Å². The van der Waals surface area contributed by atoms with Crippen molar-refractivity contribution in [2.75, 3.05) is 18.4 Å². The fourth-order valence-corrected chi connectivity index (χ4v) is 2.93. The molecule has 0 aliphatic carbocycles. The van der Waals surface area contributed by atoms with Gasteiger partial charge in [0, 0.05) is 10.7 Å². The smallest absolute Gasteiger partial charge is 0.258 e. The summed E-state index contributed by atoms with van der Waals surface area (Å²) in [6, 6.07) is 12.6. The molecular weight excluding hydrogens is 364 g/mol. The number of hydrogen-bond donors (Lipinski definition) is 2. The molecule has 0 spiro atoms. The van der Waals surface area contributed by atoms with Crippen LogP contribution in [0, 0.1) is 6.92 Å². The van der Waals surface area contributed by atoms with Crippen molar-refractivity contribution in [1.29, 1.82) is 0 Å². The number of halogens is 1. The van der Waals surface area contributed by atoms with Crippen molar-refractivity contribution in [1.82, 2.24) is 14.9 Å². The van der Waals surface area contributed by atoms with Gasteiger partial charge in [-0.1, -0.05) is 36.2 Å². The van der Waals surface area contributed by atoms with Crippen molar-refractivity contribution >= 4 is 34.1 Å². The maximum atomic E-state index is 12.3. The number of carbonyl (C=O) groups excluding carboxylic acids is 1. The third-order valence-electron chi connectivity index (χ3n) is 4.24. The molecule has 6 nitrogen and oxygen atoms in total. The van der Waals surface area contributed by atoms with Crippen molar-refractivity contribution < 1.29 is 4.79 Å². The summed E-state index contributed by atoms with van der Waals surface area (Å²) in [7, 11) is 0. The highest BCUT2D eigenvalue weighted by atomic mass is 35.5. The molecule has 2 aromatic carbocycles.